The van der Waals surface area contributed by atoms with Crippen molar-refractivity contribution in [2.45, 2.75) is 44.6 Å². The predicted molar refractivity (Wildman–Crippen MR) is 111 cm³/mol. The van der Waals surface area contributed by atoms with Gasteiger partial charge in [-0.05, 0) is 54.2 Å². The number of halogens is 1. The summed E-state index contributed by atoms with van der Waals surface area (Å²) < 4.78 is 4.72. The number of carbonyl (C=O) groups excluding carboxylic acids is 2. The van der Waals surface area contributed by atoms with E-state index in [-0.39, 0.29) is 11.1 Å². The number of rotatable bonds is 6. The smallest absolute Gasteiger partial charge is 0.338 e. The quantitative estimate of drug-likeness (QED) is 0.528. The van der Waals surface area contributed by atoms with Crippen LogP contribution in [0.15, 0.2) is 42.5 Å². The molecule has 2 N–H and O–H groups in total. The van der Waals surface area contributed by atoms with E-state index in [0.717, 1.165) is 11.3 Å². The van der Waals surface area contributed by atoms with E-state index < -0.39 is 11.9 Å². The number of hydrogen-bond acceptors (Lipinski definition) is 4. The third-order valence-electron chi connectivity index (χ3n) is 5.30. The molecule has 148 valence electrons. The fourth-order valence-electron chi connectivity index (χ4n) is 3.74. The van der Waals surface area contributed by atoms with Gasteiger partial charge in [0, 0.05) is 24.0 Å². The molecule has 0 aromatic heterocycles. The molecule has 2 aromatic rings. The van der Waals surface area contributed by atoms with Gasteiger partial charge in [0.2, 0.25) is 0 Å². The van der Waals surface area contributed by atoms with E-state index in [1.54, 1.807) is 18.2 Å². The normalized spacial score (nSPS) is 14.4. The third-order valence-corrected chi connectivity index (χ3v) is 5.48. The van der Waals surface area contributed by atoms with Crippen molar-refractivity contribution < 1.29 is 14.3 Å². The van der Waals surface area contributed by atoms with Gasteiger partial charge in [-0.25, -0.2) is 4.79 Å². The number of carbonyl (C=O) groups is 2. The highest BCUT2D eigenvalue weighted by molar-refractivity contribution is 6.25. The fraction of sp³-hybridized carbons (Fsp3) is 0.364. The van der Waals surface area contributed by atoms with E-state index in [1.807, 2.05) is 4.84 Å². The Bertz CT molecular complexity index is 830. The van der Waals surface area contributed by atoms with Crippen LogP contribution in [-0.2, 0) is 11.3 Å². The van der Waals surface area contributed by atoms with Crippen LogP contribution >= 0.6 is 11.8 Å². The molecule has 1 fully saturated rings. The van der Waals surface area contributed by atoms with E-state index in [1.165, 1.54) is 44.8 Å². The largest absolute Gasteiger partial charge is 0.465 e. The molecule has 5 nitrogen and oxygen atoms in total. The number of nitrogens with one attached hydrogen (secondary N) is 2. The second kappa shape index (κ2) is 9.60. The fourth-order valence-corrected chi connectivity index (χ4v) is 3.84. The van der Waals surface area contributed by atoms with Gasteiger partial charge in [0.05, 0.1) is 18.2 Å². The molecule has 0 spiro atoms. The van der Waals surface area contributed by atoms with Crippen LogP contribution in [0.5, 0.6) is 0 Å². The lowest BCUT2D eigenvalue weighted by atomic mass is 9.84. The van der Waals surface area contributed by atoms with Crippen LogP contribution in [0.3, 0.4) is 0 Å². The van der Waals surface area contributed by atoms with Crippen molar-refractivity contribution in [2.24, 2.45) is 0 Å². The van der Waals surface area contributed by atoms with Crippen LogP contribution in [0, 0.1) is 0 Å². The van der Waals surface area contributed by atoms with Gasteiger partial charge in [0.25, 0.3) is 5.91 Å². The summed E-state index contributed by atoms with van der Waals surface area (Å²) in [5, 5.41) is 3.36. The van der Waals surface area contributed by atoms with Crippen molar-refractivity contribution >= 4 is 29.3 Å². The first-order valence-electron chi connectivity index (χ1n) is 9.58. The van der Waals surface area contributed by atoms with Gasteiger partial charge in [-0.1, -0.05) is 37.5 Å². The molecule has 0 bridgehead atoms. The minimum atomic E-state index is -0.576. The highest BCUT2D eigenvalue weighted by Crippen LogP contribution is 2.33. The maximum Gasteiger partial charge on any atom is 0.338 e. The number of methoxy groups -OCH3 is 1. The number of hydrogen-bond donors (Lipinski definition) is 2. The van der Waals surface area contributed by atoms with Gasteiger partial charge in [-0.2, -0.15) is 0 Å². The summed E-state index contributed by atoms with van der Waals surface area (Å²) in [7, 11) is 1.27. The monoisotopic (exact) mass is 400 g/mol. The van der Waals surface area contributed by atoms with E-state index in [4.69, 9.17) is 16.5 Å². The summed E-state index contributed by atoms with van der Waals surface area (Å²) in [4.78, 5) is 25.9. The number of ether oxygens (including phenoxy) is 1. The zero-order valence-electron chi connectivity index (χ0n) is 16.0. The summed E-state index contributed by atoms with van der Waals surface area (Å²) in [6, 6.07) is 13.6. The Morgan fingerprint density at radius 3 is 2.39 bits per heavy atom. The minimum Gasteiger partial charge on any atom is -0.465 e. The molecule has 3 rings (SSSR count). The first-order valence-corrected chi connectivity index (χ1v) is 9.96. The lowest BCUT2D eigenvalue weighted by molar-refractivity contribution is 0.0597. The summed E-state index contributed by atoms with van der Waals surface area (Å²) in [6.45, 7) is 0.521. The van der Waals surface area contributed by atoms with Crippen LogP contribution < -0.4 is 10.2 Å². The van der Waals surface area contributed by atoms with E-state index >= 15 is 0 Å². The van der Waals surface area contributed by atoms with Gasteiger partial charge >= 0.3 is 5.97 Å². The van der Waals surface area contributed by atoms with Gasteiger partial charge in [0.1, 0.15) is 0 Å². The molecule has 0 radical (unpaired) electrons. The van der Waals surface area contributed by atoms with Crippen LogP contribution in [0.25, 0.3) is 0 Å². The van der Waals surface area contributed by atoms with Gasteiger partial charge < -0.3 is 10.1 Å². The molecule has 0 unspecified atom stereocenters. The Morgan fingerprint density at radius 1 is 1.04 bits per heavy atom. The maximum absolute atomic E-state index is 12.0. The lowest BCUT2D eigenvalue weighted by Crippen LogP contribution is -2.18. The van der Waals surface area contributed by atoms with Crippen LogP contribution in [0.4, 0.5) is 5.69 Å². The molecule has 0 atom stereocenters. The molecule has 6 heteroatoms. The second-order valence-electron chi connectivity index (χ2n) is 7.11. The molecule has 1 aliphatic carbocycles. The van der Waals surface area contributed by atoms with Gasteiger partial charge in [-0.3, -0.25) is 9.63 Å². The Balaban J connectivity index is 1.68. The molecule has 2 aromatic carbocycles. The Labute approximate surface area is 170 Å². The predicted octanol–water partition coefficient (Wildman–Crippen LogP) is 5.02. The highest BCUT2D eigenvalue weighted by Gasteiger charge is 2.18. The SMILES string of the molecule is COC(=O)c1ccc(CNc2ccc(C3CCCCC3)cc2)cc1C(=O)NCl. The Kier molecular flexibility index (Phi) is 6.93. The zero-order valence-corrected chi connectivity index (χ0v) is 16.7. The zero-order chi connectivity index (χ0) is 19.9. The first kappa shape index (κ1) is 20.2. The van der Waals surface area contributed by atoms with Crippen molar-refractivity contribution in [1.82, 2.24) is 4.84 Å². The molecule has 1 aliphatic rings. The number of anilines is 1. The average Bonchev–Trinajstić information content (AvgIpc) is 2.77. The average molecular weight is 401 g/mol. The van der Waals surface area contributed by atoms with Crippen LogP contribution in [0.1, 0.15) is 69.9 Å². The summed E-state index contributed by atoms with van der Waals surface area (Å²) in [5.41, 5.74) is 3.66. The maximum atomic E-state index is 12.0. The van der Waals surface area contributed by atoms with E-state index in [9.17, 15) is 9.59 Å². The molecule has 1 amide bonds. The number of benzene rings is 2. The van der Waals surface area contributed by atoms with Gasteiger partial charge in [0.15, 0.2) is 0 Å². The van der Waals surface area contributed by atoms with E-state index in [2.05, 4.69) is 29.6 Å². The minimum absolute atomic E-state index is 0.182. The lowest BCUT2D eigenvalue weighted by Gasteiger charge is -2.22. The van der Waals surface area contributed by atoms with Crippen molar-refractivity contribution in [3.8, 4) is 0 Å². The summed E-state index contributed by atoms with van der Waals surface area (Å²) in [5.74, 6) is -0.431. The van der Waals surface area contributed by atoms with Crippen molar-refractivity contribution in [3.05, 3.63) is 64.7 Å². The van der Waals surface area contributed by atoms with Crippen molar-refractivity contribution in [1.29, 1.82) is 0 Å². The number of esters is 1. The van der Waals surface area contributed by atoms with Gasteiger partial charge in [-0.15, -0.1) is 0 Å². The molecule has 28 heavy (non-hydrogen) atoms. The Morgan fingerprint density at radius 2 is 1.75 bits per heavy atom. The van der Waals surface area contributed by atoms with Crippen LogP contribution in [-0.4, -0.2) is 19.0 Å². The van der Waals surface area contributed by atoms with Crippen LogP contribution in [0.2, 0.25) is 0 Å². The van der Waals surface area contributed by atoms with Crippen molar-refractivity contribution in [3.63, 3.8) is 0 Å². The summed E-state index contributed by atoms with van der Waals surface area (Å²) >= 11 is 5.44. The molecule has 0 aliphatic heterocycles. The Hall–Kier alpha value is -2.53. The van der Waals surface area contributed by atoms with Crippen molar-refractivity contribution in [2.75, 3.05) is 12.4 Å². The van der Waals surface area contributed by atoms with E-state index in [0.29, 0.717) is 12.5 Å². The molecule has 1 saturated carbocycles. The third kappa shape index (κ3) is 4.84. The molecule has 0 heterocycles. The highest BCUT2D eigenvalue weighted by atomic mass is 35.5. The summed E-state index contributed by atoms with van der Waals surface area (Å²) in [6.07, 6.45) is 6.57. The topological polar surface area (TPSA) is 67.4 Å². The molecular formula is C22H25ClN2O3. The number of amides is 1. The molecular weight excluding hydrogens is 376 g/mol. The second-order valence-corrected chi connectivity index (χ2v) is 7.29. The standard InChI is InChI=1S/C22H25ClN2O3/c1-28-22(27)19-12-7-15(13-20(19)21(26)25-23)14-24-18-10-8-17(9-11-18)16-5-3-2-4-6-16/h7-13,16,24H,2-6,14H2,1H3,(H,25,26). The first-order chi connectivity index (χ1) is 13.6. The molecule has 0 saturated heterocycles.